The number of para-hydroxylation sites is 3. The molecule has 3 aromatic rings. The molecule has 3 rings (SSSR count). The van der Waals surface area contributed by atoms with E-state index in [9.17, 15) is 14.4 Å². The first-order valence-corrected chi connectivity index (χ1v) is 9.94. The van der Waals surface area contributed by atoms with Crippen LogP contribution in [0, 0.1) is 0 Å². The normalized spacial score (nSPS) is 11.1. The zero-order chi connectivity index (χ0) is 22.9. The van der Waals surface area contributed by atoms with Crippen LogP contribution in [0.3, 0.4) is 0 Å². The average molecular weight is 432 g/mol. The average Bonchev–Trinajstić information content (AvgIpc) is 2.80. The smallest absolute Gasteiger partial charge is 0.319 e. The molecule has 0 aliphatic carbocycles. The molecule has 0 unspecified atom stereocenters. The summed E-state index contributed by atoms with van der Waals surface area (Å²) in [5, 5.41) is 10.7. The second-order valence-corrected chi connectivity index (χ2v) is 6.91. The van der Waals surface area contributed by atoms with Gasteiger partial charge in [0.15, 0.2) is 0 Å². The minimum atomic E-state index is -0.771. The standard InChI is InChI=1S/C24H24N4O4/c1-16(25-24(31)27-18-8-4-3-5-9-18)22(29)26-19-14-12-17(13-15-19)23(30)28-20-10-6-7-11-21(20)32-2/h3-16H,1-2H3,(H,26,29)(H,28,30)(H2,25,27,31)/t16-/m0/s1. The number of ether oxygens (including phenoxy) is 1. The molecule has 0 aliphatic rings. The lowest BCUT2D eigenvalue weighted by molar-refractivity contribution is -0.117. The van der Waals surface area contributed by atoms with E-state index in [0.29, 0.717) is 28.4 Å². The molecule has 3 aromatic carbocycles. The third-order valence-corrected chi connectivity index (χ3v) is 4.54. The summed E-state index contributed by atoms with van der Waals surface area (Å²) in [5.74, 6) is -0.137. The van der Waals surface area contributed by atoms with E-state index in [1.807, 2.05) is 12.1 Å². The Morgan fingerprint density at radius 3 is 2.06 bits per heavy atom. The number of hydrogen-bond acceptors (Lipinski definition) is 4. The highest BCUT2D eigenvalue weighted by Crippen LogP contribution is 2.23. The van der Waals surface area contributed by atoms with Crippen LogP contribution in [-0.4, -0.2) is 31.0 Å². The first-order chi connectivity index (χ1) is 15.5. The van der Waals surface area contributed by atoms with Crippen molar-refractivity contribution in [2.75, 3.05) is 23.1 Å². The van der Waals surface area contributed by atoms with Crippen molar-refractivity contribution in [3.05, 3.63) is 84.4 Å². The van der Waals surface area contributed by atoms with E-state index in [4.69, 9.17) is 4.74 Å². The SMILES string of the molecule is COc1ccccc1NC(=O)c1ccc(NC(=O)[C@H](C)NC(=O)Nc2ccccc2)cc1. The van der Waals surface area contributed by atoms with Gasteiger partial charge in [0.25, 0.3) is 5.91 Å². The van der Waals surface area contributed by atoms with Gasteiger partial charge in [-0.2, -0.15) is 0 Å². The van der Waals surface area contributed by atoms with E-state index in [-0.39, 0.29) is 11.8 Å². The molecule has 164 valence electrons. The van der Waals surface area contributed by atoms with E-state index < -0.39 is 12.1 Å². The van der Waals surface area contributed by atoms with Crippen LogP contribution in [0.1, 0.15) is 17.3 Å². The van der Waals surface area contributed by atoms with E-state index in [2.05, 4.69) is 21.3 Å². The molecular weight excluding hydrogens is 408 g/mol. The highest BCUT2D eigenvalue weighted by Gasteiger charge is 2.16. The zero-order valence-corrected chi connectivity index (χ0v) is 17.7. The van der Waals surface area contributed by atoms with Crippen molar-refractivity contribution in [3.63, 3.8) is 0 Å². The third kappa shape index (κ3) is 6.09. The number of benzene rings is 3. The number of amides is 4. The number of nitrogens with one attached hydrogen (secondary N) is 4. The predicted molar refractivity (Wildman–Crippen MR) is 124 cm³/mol. The Bertz CT molecular complexity index is 1080. The van der Waals surface area contributed by atoms with Crippen LogP contribution in [0.5, 0.6) is 5.75 Å². The summed E-state index contributed by atoms with van der Waals surface area (Å²) in [6, 6.07) is 21.2. The molecule has 8 heteroatoms. The summed E-state index contributed by atoms with van der Waals surface area (Å²) in [6.07, 6.45) is 0. The van der Waals surface area contributed by atoms with Gasteiger partial charge in [-0.15, -0.1) is 0 Å². The highest BCUT2D eigenvalue weighted by molar-refractivity contribution is 6.05. The van der Waals surface area contributed by atoms with Crippen molar-refractivity contribution in [3.8, 4) is 5.75 Å². The van der Waals surface area contributed by atoms with E-state index in [0.717, 1.165) is 0 Å². The molecule has 0 heterocycles. The Hall–Kier alpha value is -4.33. The van der Waals surface area contributed by atoms with Crippen LogP contribution in [0.2, 0.25) is 0 Å². The minimum absolute atomic E-state index is 0.306. The van der Waals surface area contributed by atoms with Gasteiger partial charge >= 0.3 is 6.03 Å². The summed E-state index contributed by atoms with van der Waals surface area (Å²) in [5.41, 5.74) is 2.11. The van der Waals surface area contributed by atoms with Gasteiger partial charge < -0.3 is 26.0 Å². The summed E-state index contributed by atoms with van der Waals surface area (Å²) in [6.45, 7) is 1.58. The van der Waals surface area contributed by atoms with Gasteiger partial charge in [-0.25, -0.2) is 4.79 Å². The van der Waals surface area contributed by atoms with Crippen LogP contribution in [0.15, 0.2) is 78.9 Å². The number of urea groups is 1. The van der Waals surface area contributed by atoms with Gasteiger partial charge in [-0.1, -0.05) is 30.3 Å². The molecule has 0 bridgehead atoms. The number of carbonyl (C=O) groups is 3. The van der Waals surface area contributed by atoms with Gasteiger partial charge in [0.1, 0.15) is 11.8 Å². The number of carbonyl (C=O) groups excluding carboxylic acids is 3. The molecule has 1 atom stereocenters. The van der Waals surface area contributed by atoms with Crippen molar-refractivity contribution in [1.29, 1.82) is 0 Å². The third-order valence-electron chi connectivity index (χ3n) is 4.54. The molecule has 0 fully saturated rings. The van der Waals surface area contributed by atoms with Crippen molar-refractivity contribution >= 4 is 34.9 Å². The molecular formula is C24H24N4O4. The van der Waals surface area contributed by atoms with Crippen LogP contribution in [0.25, 0.3) is 0 Å². The molecule has 0 spiro atoms. The number of rotatable bonds is 7. The van der Waals surface area contributed by atoms with Crippen molar-refractivity contribution < 1.29 is 19.1 Å². The second kappa shape index (κ2) is 10.6. The van der Waals surface area contributed by atoms with E-state index >= 15 is 0 Å². The summed E-state index contributed by atoms with van der Waals surface area (Å²) in [4.78, 5) is 36.9. The molecule has 32 heavy (non-hydrogen) atoms. The van der Waals surface area contributed by atoms with E-state index in [1.165, 1.54) is 7.11 Å². The number of hydrogen-bond donors (Lipinski definition) is 4. The maximum atomic E-state index is 12.5. The molecule has 8 nitrogen and oxygen atoms in total. The Kier molecular flexibility index (Phi) is 7.42. The highest BCUT2D eigenvalue weighted by atomic mass is 16.5. The number of anilines is 3. The first kappa shape index (κ1) is 22.4. The Balaban J connectivity index is 1.53. The largest absolute Gasteiger partial charge is 0.495 e. The van der Waals surface area contributed by atoms with Gasteiger partial charge in [-0.05, 0) is 55.5 Å². The molecule has 4 amide bonds. The van der Waals surface area contributed by atoms with E-state index in [1.54, 1.807) is 73.7 Å². The second-order valence-electron chi connectivity index (χ2n) is 6.91. The molecule has 0 aromatic heterocycles. The predicted octanol–water partition coefficient (Wildman–Crippen LogP) is 4.10. The van der Waals surface area contributed by atoms with Gasteiger partial charge in [0.2, 0.25) is 5.91 Å². The molecule has 0 saturated carbocycles. The zero-order valence-electron chi connectivity index (χ0n) is 17.7. The quantitative estimate of drug-likeness (QED) is 0.451. The number of methoxy groups -OCH3 is 1. The maximum absolute atomic E-state index is 12.5. The summed E-state index contributed by atoms with van der Waals surface area (Å²) >= 11 is 0. The first-order valence-electron chi connectivity index (χ1n) is 9.94. The van der Waals surface area contributed by atoms with Gasteiger partial charge in [-0.3, -0.25) is 9.59 Å². The fourth-order valence-corrected chi connectivity index (χ4v) is 2.85. The minimum Gasteiger partial charge on any atom is -0.495 e. The lowest BCUT2D eigenvalue weighted by Gasteiger charge is -2.15. The Labute approximate surface area is 186 Å². The fraction of sp³-hybridized carbons (Fsp3) is 0.125. The van der Waals surface area contributed by atoms with Crippen LogP contribution in [-0.2, 0) is 4.79 Å². The van der Waals surface area contributed by atoms with Gasteiger partial charge in [0, 0.05) is 16.9 Å². The molecule has 0 aliphatic heterocycles. The van der Waals surface area contributed by atoms with Crippen LogP contribution in [0.4, 0.5) is 21.9 Å². The fourth-order valence-electron chi connectivity index (χ4n) is 2.85. The summed E-state index contributed by atoms with van der Waals surface area (Å²) in [7, 11) is 1.53. The van der Waals surface area contributed by atoms with Crippen LogP contribution >= 0.6 is 0 Å². The van der Waals surface area contributed by atoms with Crippen molar-refractivity contribution in [2.24, 2.45) is 0 Å². The molecule has 0 saturated heterocycles. The van der Waals surface area contributed by atoms with Gasteiger partial charge in [0.05, 0.1) is 12.8 Å². The monoisotopic (exact) mass is 432 g/mol. The topological polar surface area (TPSA) is 109 Å². The Morgan fingerprint density at radius 2 is 1.38 bits per heavy atom. The van der Waals surface area contributed by atoms with Crippen molar-refractivity contribution in [2.45, 2.75) is 13.0 Å². The summed E-state index contributed by atoms with van der Waals surface area (Å²) < 4.78 is 5.23. The molecule has 4 N–H and O–H groups in total. The lowest BCUT2D eigenvalue weighted by atomic mass is 10.1. The lowest BCUT2D eigenvalue weighted by Crippen LogP contribution is -2.43. The van der Waals surface area contributed by atoms with Crippen LogP contribution < -0.4 is 26.0 Å². The Morgan fingerprint density at radius 1 is 0.750 bits per heavy atom. The maximum Gasteiger partial charge on any atom is 0.319 e. The molecule has 0 radical (unpaired) electrons. The van der Waals surface area contributed by atoms with Crippen molar-refractivity contribution in [1.82, 2.24) is 5.32 Å².